The van der Waals surface area contributed by atoms with Gasteiger partial charge in [-0.05, 0) is 125 Å². The van der Waals surface area contributed by atoms with Gasteiger partial charge in [0.15, 0.2) is 11.5 Å². The molecule has 1 spiro atoms. The van der Waals surface area contributed by atoms with Gasteiger partial charge in [-0.3, -0.25) is 43.2 Å². The van der Waals surface area contributed by atoms with E-state index in [1.165, 1.54) is 62.4 Å². The third kappa shape index (κ3) is 15.3. The fraction of sp³-hybridized carbons (Fsp3) is 0.484. The summed E-state index contributed by atoms with van der Waals surface area (Å²) in [7, 11) is 2.11. The summed E-state index contributed by atoms with van der Waals surface area (Å²) in [5.41, 5.74) is 3.12. The Morgan fingerprint density at radius 2 is 1.27 bits per heavy atom. The molecule has 16 atom stereocenters. The first-order valence-corrected chi connectivity index (χ1v) is 31.6. The number of nitrogens with one attached hydrogen (secondary N) is 9. The molecule has 9 amide bonds. The molecule has 0 aromatic heterocycles. The lowest BCUT2D eigenvalue weighted by molar-refractivity contribution is -0.138. The van der Waals surface area contributed by atoms with Gasteiger partial charge in [-0.1, -0.05) is 60.7 Å². The van der Waals surface area contributed by atoms with Gasteiger partial charge in [0.25, 0.3) is 0 Å². The van der Waals surface area contributed by atoms with E-state index in [1.54, 1.807) is 36.4 Å². The number of hydrogen-bond donors (Lipinski definition) is 15. The van der Waals surface area contributed by atoms with Crippen LogP contribution in [-0.2, 0) is 74.2 Å². The molecule has 488 valence electrons. The van der Waals surface area contributed by atoms with Crippen LogP contribution in [-0.4, -0.2) is 199 Å². The fourth-order valence-corrected chi connectivity index (χ4v) is 14.1. The van der Waals surface area contributed by atoms with Crippen molar-refractivity contribution in [1.82, 2.24) is 52.8 Å². The first kappa shape index (κ1) is 66.9. The number of aliphatic hydroxyl groups excluding tert-OH is 3. The average Bonchev–Trinajstić information content (AvgIpc) is 1.57. The Balaban J connectivity index is 0.970. The van der Waals surface area contributed by atoms with Crippen LogP contribution in [0.4, 0.5) is 0 Å². The van der Waals surface area contributed by atoms with E-state index >= 15 is 0 Å². The van der Waals surface area contributed by atoms with Gasteiger partial charge in [0.05, 0.1) is 30.1 Å². The molecule has 4 aromatic rings. The number of aliphatic hydroxyl groups is 3. The molecule has 5 aliphatic rings. The van der Waals surface area contributed by atoms with Crippen LogP contribution in [0.3, 0.4) is 0 Å². The van der Waals surface area contributed by atoms with Crippen molar-refractivity contribution < 1.29 is 78.5 Å². The van der Waals surface area contributed by atoms with Crippen LogP contribution in [0.2, 0.25) is 0 Å². The number of phenolic OH excluding ortho intramolecular Hbond substituents is 3. The number of likely N-dealkylation sites (N-methyl/N-ethyl adjacent to an activating group) is 1. The van der Waals surface area contributed by atoms with Crippen LogP contribution < -0.4 is 52.6 Å². The van der Waals surface area contributed by atoms with E-state index in [9.17, 15) is 73.8 Å². The summed E-state index contributed by atoms with van der Waals surface area (Å²) < 4.78 is 6.71. The van der Waals surface area contributed by atoms with Gasteiger partial charge in [-0.15, -0.1) is 11.8 Å². The highest BCUT2D eigenvalue weighted by Crippen LogP contribution is 2.63. The van der Waals surface area contributed by atoms with E-state index < -0.39 is 149 Å². The van der Waals surface area contributed by atoms with Crippen LogP contribution in [0.25, 0.3) is 0 Å². The number of thioether (sulfide) groups is 1. The maximum Gasteiger partial charge on any atom is 0.245 e. The van der Waals surface area contributed by atoms with Crippen molar-refractivity contribution in [3.63, 3.8) is 0 Å². The monoisotopic (exact) mass is 1280 g/mol. The number of benzene rings is 4. The first-order chi connectivity index (χ1) is 43.3. The zero-order valence-corrected chi connectivity index (χ0v) is 51.8. The van der Waals surface area contributed by atoms with Gasteiger partial charge < -0.3 is 88.1 Å². The van der Waals surface area contributed by atoms with E-state index in [0.29, 0.717) is 28.9 Å². The SMILES string of the molecule is C[C@H](O)[C@@H]1NC(=O)[C@H](Cc2ccc(O)cc2)NC(=O)[C@@H](C)NC(=O)[C@@H](Cc2ccc(O)cc2)NC(=O)CSC[C@@H](C(=O)N[C@@H](C(=O)N[C@H](Cc2ccccc2)C(=O)N[C@@H]2CCC3C4Cc5ccc(O)c6c5C3(CCN4C)[C@H]2O6)[C@@H](C)O)NC(=O)[C@H]([C@H](C)O)NC1=O. The Hall–Kier alpha value is -8.50. The van der Waals surface area contributed by atoms with Crippen LogP contribution in [0.1, 0.15) is 74.8 Å². The predicted octanol–water partition coefficient (Wildman–Crippen LogP) is -1.53. The molecule has 15 N–H and O–H groups in total. The van der Waals surface area contributed by atoms with Crippen molar-refractivity contribution in [2.24, 2.45) is 5.92 Å². The predicted molar refractivity (Wildman–Crippen MR) is 331 cm³/mol. The van der Waals surface area contributed by atoms with Crippen molar-refractivity contribution >= 4 is 64.9 Å². The van der Waals surface area contributed by atoms with Crippen molar-refractivity contribution in [2.75, 3.05) is 25.1 Å². The topological polar surface area (TPSA) is 396 Å². The van der Waals surface area contributed by atoms with Crippen molar-refractivity contribution in [3.05, 3.63) is 119 Å². The Kier molecular flexibility index (Phi) is 21.1. The molecule has 3 aliphatic heterocycles. The first-order valence-electron chi connectivity index (χ1n) is 30.5. The highest BCUT2D eigenvalue weighted by molar-refractivity contribution is 8.00. The third-order valence-corrected chi connectivity index (χ3v) is 19.0. The molecule has 2 aliphatic carbocycles. The lowest BCUT2D eigenvalue weighted by Crippen LogP contribution is -2.69. The molecule has 3 heterocycles. The zero-order chi connectivity index (χ0) is 65.6. The molecule has 2 saturated heterocycles. The van der Waals surface area contributed by atoms with Crippen LogP contribution in [0.5, 0.6) is 23.0 Å². The van der Waals surface area contributed by atoms with Crippen molar-refractivity contribution in [2.45, 2.75) is 163 Å². The summed E-state index contributed by atoms with van der Waals surface area (Å²) in [5.74, 6) is -9.24. The lowest BCUT2D eigenvalue weighted by Gasteiger charge is -2.59. The zero-order valence-electron chi connectivity index (χ0n) is 51.0. The molecule has 91 heavy (non-hydrogen) atoms. The second-order valence-corrected chi connectivity index (χ2v) is 25.5. The van der Waals surface area contributed by atoms with Crippen LogP contribution in [0, 0.1) is 5.92 Å². The second-order valence-electron chi connectivity index (χ2n) is 24.5. The van der Waals surface area contributed by atoms with E-state index in [0.717, 1.165) is 62.5 Å². The molecule has 9 rings (SSSR count). The molecular weight excluding hydrogens is 1200 g/mol. The van der Waals surface area contributed by atoms with Gasteiger partial charge in [-0.2, -0.15) is 0 Å². The number of nitrogens with zero attached hydrogens (tertiary/aromatic N) is 1. The summed E-state index contributed by atoms with van der Waals surface area (Å²) in [6.45, 7) is 5.57. The normalized spacial score (nSPS) is 28.1. The number of ether oxygens (including phenoxy) is 1. The minimum absolute atomic E-state index is 0.0161. The molecule has 2 bridgehead atoms. The number of phenols is 3. The Bertz CT molecular complexity index is 3360. The molecule has 3 fully saturated rings. The maximum atomic E-state index is 14.9. The smallest absolute Gasteiger partial charge is 0.245 e. The van der Waals surface area contributed by atoms with Gasteiger partial charge in [0, 0.05) is 42.0 Å². The number of amides is 9. The lowest BCUT2D eigenvalue weighted by atomic mass is 9.51. The minimum atomic E-state index is -1.92. The number of hydrogen-bond acceptors (Lipinski definition) is 18. The van der Waals surface area contributed by atoms with E-state index in [2.05, 4.69) is 59.8 Å². The standard InChI is InChI=1S/C64H80N10O16S/c1-31-56(82)68-45(27-37-13-18-40(79)19-14-37)59(85)71-53(34(4)77)63(89)73-52(33(3)76)62(88)70-46(29-91-30-49(81)66-43(57(83)65-31)26-36-11-16-39(78)17-12-36)60(86)72-51(32(2)75)61(87)69-44(25-35-9-7-6-8-10-35)58(84)67-42-21-20-41-47-28-38-15-22-48(80)54-50(38)64(41,55(42)90-54)23-24-74(47)5/h6-19,22,31-34,41-47,51-53,55,75-80H,20-21,23-30H2,1-5H3,(H,65,83)(H,66,81)(H,67,84)(H,68,82)(H,69,87)(H,70,88)(H,71,85)(H,72,86)(H,73,89)/t31-,32-,33+,34+,41?,42-,43-,44-,45+,46+,47?,51-,52+,53+,55+,64?/m1/s1. The van der Waals surface area contributed by atoms with E-state index in [1.807, 2.05) is 6.07 Å². The summed E-state index contributed by atoms with van der Waals surface area (Å²) in [6.07, 6.45) is -3.32. The second kappa shape index (κ2) is 28.8. The molecule has 0 radical (unpaired) electrons. The van der Waals surface area contributed by atoms with Gasteiger partial charge in [0.1, 0.15) is 65.9 Å². The molecular formula is C64H80N10O16S. The minimum Gasteiger partial charge on any atom is -0.508 e. The highest BCUT2D eigenvalue weighted by Gasteiger charge is 2.66. The number of likely N-dealkylation sites (tertiary alicyclic amines) is 1. The Morgan fingerprint density at radius 1 is 0.681 bits per heavy atom. The van der Waals surface area contributed by atoms with Gasteiger partial charge >= 0.3 is 0 Å². The number of carbonyl (C=O) groups excluding carboxylic acids is 9. The number of piperidine rings is 1. The summed E-state index contributed by atoms with van der Waals surface area (Å²) >= 11 is 0.767. The highest BCUT2D eigenvalue weighted by atomic mass is 32.2. The van der Waals surface area contributed by atoms with Crippen LogP contribution >= 0.6 is 11.8 Å². The van der Waals surface area contributed by atoms with E-state index in [-0.39, 0.29) is 48.5 Å². The third-order valence-electron chi connectivity index (χ3n) is 18.0. The Labute approximate surface area is 529 Å². The molecule has 3 unspecified atom stereocenters. The van der Waals surface area contributed by atoms with E-state index in [4.69, 9.17) is 4.74 Å². The largest absolute Gasteiger partial charge is 0.508 e. The molecule has 4 aromatic carbocycles. The summed E-state index contributed by atoms with van der Waals surface area (Å²) in [4.78, 5) is 131. The molecule has 26 nitrogen and oxygen atoms in total. The number of rotatable bonds is 15. The summed E-state index contributed by atoms with van der Waals surface area (Å²) in [6, 6.07) is 10.4. The maximum absolute atomic E-state index is 14.9. The molecule has 1 saturated carbocycles. The number of carbonyl (C=O) groups is 9. The van der Waals surface area contributed by atoms with Gasteiger partial charge in [-0.25, -0.2) is 0 Å². The Morgan fingerprint density at radius 3 is 1.89 bits per heavy atom. The van der Waals surface area contributed by atoms with Crippen molar-refractivity contribution in [1.29, 1.82) is 0 Å². The van der Waals surface area contributed by atoms with Gasteiger partial charge in [0.2, 0.25) is 53.2 Å². The number of aromatic hydroxyl groups is 3. The molecule has 27 heteroatoms. The summed E-state index contributed by atoms with van der Waals surface area (Å²) in [5, 5.41) is 87.7. The van der Waals surface area contributed by atoms with Crippen molar-refractivity contribution in [3.8, 4) is 23.0 Å². The fourth-order valence-electron chi connectivity index (χ4n) is 13.2. The van der Waals surface area contributed by atoms with Crippen LogP contribution in [0.15, 0.2) is 91.0 Å². The quantitative estimate of drug-likeness (QED) is 0.0642. The average molecular weight is 1280 g/mol.